The predicted octanol–water partition coefficient (Wildman–Crippen LogP) is 2.61. The Morgan fingerprint density at radius 3 is 2.32 bits per heavy atom. The monoisotopic (exact) mass is 466 g/mol. The second-order valence-electron chi connectivity index (χ2n) is 6.58. The van der Waals surface area contributed by atoms with Gasteiger partial charge in [-0.2, -0.15) is 5.10 Å². The van der Waals surface area contributed by atoms with Crippen LogP contribution in [-0.2, 0) is 19.6 Å². The summed E-state index contributed by atoms with van der Waals surface area (Å²) < 4.78 is 30.7. The molecule has 0 saturated carbocycles. The number of halogens is 1. The molecule has 0 saturated heterocycles. The van der Waals surface area contributed by atoms with Gasteiger partial charge in [0.25, 0.3) is 5.91 Å². The Hall–Kier alpha value is -3.11. The van der Waals surface area contributed by atoms with Crippen LogP contribution in [0.4, 0.5) is 11.4 Å². The van der Waals surface area contributed by atoms with E-state index in [1.807, 2.05) is 0 Å². The van der Waals surface area contributed by atoms with Gasteiger partial charge in [-0.1, -0.05) is 23.7 Å². The molecule has 2 N–H and O–H groups in total. The molecule has 9 nitrogen and oxygen atoms in total. The Kier molecular flexibility index (Phi) is 8.01. The van der Waals surface area contributed by atoms with Gasteiger partial charge in [-0.3, -0.25) is 13.9 Å². The third-order valence-corrected chi connectivity index (χ3v) is 5.43. The van der Waals surface area contributed by atoms with Crippen LogP contribution in [0, 0.1) is 0 Å². The van der Waals surface area contributed by atoms with Crippen molar-refractivity contribution in [3.8, 4) is 5.75 Å². The molecule has 2 aromatic rings. The molecule has 0 aromatic heterocycles. The van der Waals surface area contributed by atoms with Crippen LogP contribution in [0.5, 0.6) is 5.75 Å². The number of hydrogen-bond donors (Lipinski definition) is 2. The fourth-order valence-corrected chi connectivity index (χ4v) is 3.63. The molecule has 0 radical (unpaired) electrons. The summed E-state index contributed by atoms with van der Waals surface area (Å²) in [6.07, 6.45) is 0.978. The number of nitrogens with one attached hydrogen (secondary N) is 2. The molecule has 31 heavy (non-hydrogen) atoms. The molecule has 0 heterocycles. The lowest BCUT2D eigenvalue weighted by atomic mass is 10.1. The number of carbonyl (C=O) groups excluding carboxylic acids is 2. The lowest BCUT2D eigenvalue weighted by Gasteiger charge is -2.23. The highest BCUT2D eigenvalue weighted by atomic mass is 35.5. The predicted molar refractivity (Wildman–Crippen MR) is 121 cm³/mol. The number of carbonyl (C=O) groups is 2. The molecule has 2 rings (SSSR count). The highest BCUT2D eigenvalue weighted by Crippen LogP contribution is 2.32. The van der Waals surface area contributed by atoms with Crippen LogP contribution >= 0.6 is 11.6 Å². The van der Waals surface area contributed by atoms with Crippen molar-refractivity contribution in [3.05, 3.63) is 53.1 Å². The molecule has 11 heteroatoms. The molecule has 166 valence electrons. The summed E-state index contributed by atoms with van der Waals surface area (Å²) in [5.41, 5.74) is 4.33. The van der Waals surface area contributed by atoms with Gasteiger partial charge >= 0.3 is 0 Å². The fraction of sp³-hybridized carbons (Fsp3) is 0.250. The van der Waals surface area contributed by atoms with Gasteiger partial charge < -0.3 is 10.1 Å². The zero-order chi connectivity index (χ0) is 23.2. The van der Waals surface area contributed by atoms with Crippen molar-refractivity contribution >= 4 is 50.5 Å². The van der Waals surface area contributed by atoms with E-state index < -0.39 is 22.5 Å². The van der Waals surface area contributed by atoms with E-state index >= 15 is 0 Å². The number of ether oxygens (including phenoxy) is 1. The van der Waals surface area contributed by atoms with Crippen LogP contribution in [0.3, 0.4) is 0 Å². The third kappa shape index (κ3) is 6.97. The highest BCUT2D eigenvalue weighted by molar-refractivity contribution is 7.92. The molecular formula is C20H23ClN4O5S. The van der Waals surface area contributed by atoms with Crippen molar-refractivity contribution in [3.63, 3.8) is 0 Å². The van der Waals surface area contributed by atoms with Gasteiger partial charge in [-0.15, -0.1) is 0 Å². The van der Waals surface area contributed by atoms with E-state index in [1.165, 1.54) is 26.2 Å². The molecule has 0 unspecified atom stereocenters. The number of anilines is 2. The van der Waals surface area contributed by atoms with Crippen molar-refractivity contribution < 1.29 is 22.7 Å². The summed E-state index contributed by atoms with van der Waals surface area (Å²) in [4.78, 5) is 23.5. The number of methoxy groups -OCH3 is 1. The standard InChI is InChI=1S/C20H23ClN4O5S/c1-13(15-5-8-17(9-6-15)22-14(2)26)23-24-20(27)12-25(31(4,28)29)18-11-16(21)7-10-19(18)30-3/h5-11H,12H2,1-4H3,(H,22,26)(H,24,27)/b23-13-. The van der Waals surface area contributed by atoms with Gasteiger partial charge in [0.15, 0.2) is 0 Å². The molecule has 0 aliphatic rings. The third-order valence-electron chi connectivity index (χ3n) is 4.07. The molecule has 0 aliphatic heterocycles. The average molecular weight is 467 g/mol. The average Bonchev–Trinajstić information content (AvgIpc) is 2.69. The summed E-state index contributed by atoms with van der Waals surface area (Å²) in [6.45, 7) is 2.57. The summed E-state index contributed by atoms with van der Waals surface area (Å²) in [5.74, 6) is -0.583. The van der Waals surface area contributed by atoms with Gasteiger partial charge in [-0.05, 0) is 42.8 Å². The zero-order valence-electron chi connectivity index (χ0n) is 17.5. The molecule has 0 fully saturated rings. The molecule has 2 aromatic carbocycles. The van der Waals surface area contributed by atoms with E-state index in [4.69, 9.17) is 16.3 Å². The number of amides is 2. The number of hydrazone groups is 1. The topological polar surface area (TPSA) is 117 Å². The Morgan fingerprint density at radius 2 is 1.77 bits per heavy atom. The Labute approximate surface area is 186 Å². The molecular weight excluding hydrogens is 444 g/mol. The molecule has 0 bridgehead atoms. The van der Waals surface area contributed by atoms with Crippen molar-refractivity contribution in [1.29, 1.82) is 0 Å². The van der Waals surface area contributed by atoms with E-state index in [9.17, 15) is 18.0 Å². The van der Waals surface area contributed by atoms with E-state index in [-0.39, 0.29) is 17.3 Å². The maximum Gasteiger partial charge on any atom is 0.260 e. The van der Waals surface area contributed by atoms with Gasteiger partial charge in [0.1, 0.15) is 12.3 Å². The molecule has 0 aliphatic carbocycles. The van der Waals surface area contributed by atoms with Gasteiger partial charge in [0.05, 0.1) is 24.8 Å². The first-order valence-electron chi connectivity index (χ1n) is 9.03. The first-order valence-corrected chi connectivity index (χ1v) is 11.3. The normalized spacial score (nSPS) is 11.6. The van der Waals surface area contributed by atoms with Crippen LogP contribution in [0.25, 0.3) is 0 Å². The Bertz CT molecular complexity index is 1100. The zero-order valence-corrected chi connectivity index (χ0v) is 19.0. The van der Waals surface area contributed by atoms with E-state index in [0.717, 1.165) is 10.6 Å². The Balaban J connectivity index is 2.16. The van der Waals surface area contributed by atoms with Crippen molar-refractivity contribution in [2.45, 2.75) is 13.8 Å². The number of rotatable bonds is 8. The summed E-state index contributed by atoms with van der Waals surface area (Å²) in [6, 6.07) is 11.3. The summed E-state index contributed by atoms with van der Waals surface area (Å²) >= 11 is 5.99. The van der Waals surface area contributed by atoms with E-state index in [1.54, 1.807) is 37.3 Å². The van der Waals surface area contributed by atoms with Crippen LogP contribution in [0.1, 0.15) is 19.4 Å². The number of benzene rings is 2. The summed E-state index contributed by atoms with van der Waals surface area (Å²) in [7, 11) is -2.43. The van der Waals surface area contributed by atoms with Crippen molar-refractivity contribution in [2.75, 3.05) is 29.5 Å². The van der Waals surface area contributed by atoms with Crippen LogP contribution in [0.2, 0.25) is 5.02 Å². The lowest BCUT2D eigenvalue weighted by molar-refractivity contribution is -0.119. The van der Waals surface area contributed by atoms with Crippen LogP contribution in [-0.4, -0.2) is 45.9 Å². The van der Waals surface area contributed by atoms with Gasteiger partial charge in [0.2, 0.25) is 15.9 Å². The smallest absolute Gasteiger partial charge is 0.260 e. The first kappa shape index (κ1) is 24.2. The Morgan fingerprint density at radius 1 is 1.13 bits per heavy atom. The van der Waals surface area contributed by atoms with Crippen LogP contribution < -0.4 is 19.8 Å². The molecule has 0 spiro atoms. The fourth-order valence-electron chi connectivity index (χ4n) is 2.61. The number of nitrogens with zero attached hydrogens (tertiary/aromatic N) is 2. The van der Waals surface area contributed by atoms with Gasteiger partial charge in [-0.25, -0.2) is 13.8 Å². The lowest BCUT2D eigenvalue weighted by Crippen LogP contribution is -2.39. The van der Waals surface area contributed by atoms with Gasteiger partial charge in [0, 0.05) is 17.6 Å². The minimum absolute atomic E-state index is 0.141. The van der Waals surface area contributed by atoms with Crippen LogP contribution in [0.15, 0.2) is 47.6 Å². The minimum atomic E-state index is -3.82. The van der Waals surface area contributed by atoms with Crippen molar-refractivity contribution in [2.24, 2.45) is 5.10 Å². The molecule has 0 atom stereocenters. The van der Waals surface area contributed by atoms with E-state index in [0.29, 0.717) is 22.0 Å². The minimum Gasteiger partial charge on any atom is -0.495 e. The van der Waals surface area contributed by atoms with E-state index in [2.05, 4.69) is 15.8 Å². The maximum absolute atomic E-state index is 12.4. The van der Waals surface area contributed by atoms with Crippen molar-refractivity contribution in [1.82, 2.24) is 5.43 Å². The highest BCUT2D eigenvalue weighted by Gasteiger charge is 2.24. The molecule has 2 amide bonds. The first-order chi connectivity index (χ1) is 14.5. The largest absolute Gasteiger partial charge is 0.495 e. The SMILES string of the molecule is COc1ccc(Cl)cc1N(CC(=O)N/N=C(/C)c1ccc(NC(C)=O)cc1)S(C)(=O)=O. The second-order valence-corrected chi connectivity index (χ2v) is 8.92. The summed E-state index contributed by atoms with van der Waals surface area (Å²) in [5, 5.41) is 6.97. The number of hydrogen-bond acceptors (Lipinski definition) is 6. The second kappa shape index (κ2) is 10.3. The maximum atomic E-state index is 12.4. The quantitative estimate of drug-likeness (QED) is 0.458. The number of sulfonamides is 1.